The molecule has 2 aliphatic heterocycles. The Kier molecular flexibility index (Phi) is 3.12. The molecule has 6 rings (SSSR count). The number of anilines is 1. The zero-order valence-electron chi connectivity index (χ0n) is 14.9. The van der Waals surface area contributed by atoms with E-state index in [9.17, 15) is 0 Å². The van der Waals surface area contributed by atoms with Gasteiger partial charge in [0.05, 0.1) is 5.39 Å². The molecule has 0 atom stereocenters. The molecule has 1 saturated carbocycles. The zero-order valence-corrected chi connectivity index (χ0v) is 14.9. The minimum atomic E-state index is 0.527. The van der Waals surface area contributed by atoms with Crippen molar-refractivity contribution in [3.05, 3.63) is 30.2 Å². The molecule has 0 bridgehead atoms. The lowest BCUT2D eigenvalue weighted by atomic mass is 9.95. The van der Waals surface area contributed by atoms with Gasteiger partial charge in [-0.1, -0.05) is 0 Å². The Bertz CT molecular complexity index is 960. The normalized spacial score (nSPS) is 20.8. The van der Waals surface area contributed by atoms with Gasteiger partial charge in [-0.25, -0.2) is 9.97 Å². The molecule has 7 nitrogen and oxygen atoms in total. The maximum absolute atomic E-state index is 4.64. The van der Waals surface area contributed by atoms with Crippen molar-refractivity contribution in [1.82, 2.24) is 29.3 Å². The highest BCUT2D eigenvalue weighted by molar-refractivity contribution is 5.88. The maximum Gasteiger partial charge on any atom is 0.145 e. The lowest BCUT2D eigenvalue weighted by Crippen LogP contribution is -2.34. The van der Waals surface area contributed by atoms with Crippen molar-refractivity contribution in [3.8, 4) is 0 Å². The van der Waals surface area contributed by atoms with Crippen LogP contribution in [-0.4, -0.2) is 42.4 Å². The van der Waals surface area contributed by atoms with Gasteiger partial charge in [0.15, 0.2) is 0 Å². The first-order valence-corrected chi connectivity index (χ1v) is 9.87. The Labute approximate surface area is 152 Å². The predicted octanol–water partition coefficient (Wildman–Crippen LogP) is 2.69. The van der Waals surface area contributed by atoms with Crippen LogP contribution in [-0.2, 0) is 13.0 Å². The first kappa shape index (κ1) is 14.7. The van der Waals surface area contributed by atoms with E-state index in [-0.39, 0.29) is 0 Å². The lowest BCUT2D eigenvalue weighted by Gasteiger charge is -2.32. The topological polar surface area (TPSA) is 64.7 Å². The van der Waals surface area contributed by atoms with Crippen molar-refractivity contribution in [2.45, 2.75) is 57.0 Å². The van der Waals surface area contributed by atoms with Crippen molar-refractivity contribution >= 4 is 16.9 Å². The molecule has 2 fully saturated rings. The smallest absolute Gasteiger partial charge is 0.145 e. The minimum absolute atomic E-state index is 0.527. The predicted molar refractivity (Wildman–Crippen MR) is 98.3 cm³/mol. The number of hydrogen-bond acceptors (Lipinski definition) is 5. The van der Waals surface area contributed by atoms with Crippen molar-refractivity contribution < 1.29 is 0 Å². The van der Waals surface area contributed by atoms with Crippen LogP contribution in [0.2, 0.25) is 0 Å². The molecule has 26 heavy (non-hydrogen) atoms. The average molecular weight is 349 g/mol. The number of rotatable bonds is 3. The molecule has 0 N–H and O–H groups in total. The van der Waals surface area contributed by atoms with Gasteiger partial charge in [0.2, 0.25) is 0 Å². The van der Waals surface area contributed by atoms with E-state index in [2.05, 4.69) is 46.5 Å². The van der Waals surface area contributed by atoms with Gasteiger partial charge in [0.1, 0.15) is 29.4 Å². The maximum atomic E-state index is 4.64. The molecule has 5 heterocycles. The Hall–Kier alpha value is -2.44. The first-order valence-electron chi connectivity index (χ1n) is 9.87. The molecule has 0 aromatic carbocycles. The van der Waals surface area contributed by atoms with Gasteiger partial charge in [-0.2, -0.15) is 0 Å². The largest absolute Gasteiger partial charge is 0.356 e. The Morgan fingerprint density at radius 2 is 1.85 bits per heavy atom. The summed E-state index contributed by atoms with van der Waals surface area (Å²) in [6.45, 7) is 3.14. The number of nitrogens with zero attached hydrogens (tertiary/aromatic N) is 7. The molecule has 0 unspecified atom stereocenters. The summed E-state index contributed by atoms with van der Waals surface area (Å²) in [6.07, 6.45) is 11.0. The number of aromatic nitrogens is 6. The highest BCUT2D eigenvalue weighted by atomic mass is 15.3. The fraction of sp³-hybridized carbons (Fsp3) is 0.579. The van der Waals surface area contributed by atoms with E-state index in [0.717, 1.165) is 50.4 Å². The Morgan fingerprint density at radius 3 is 2.69 bits per heavy atom. The van der Waals surface area contributed by atoms with Gasteiger partial charge in [0.25, 0.3) is 0 Å². The second kappa shape index (κ2) is 5.53. The fourth-order valence-electron chi connectivity index (χ4n) is 4.68. The van der Waals surface area contributed by atoms with Crippen LogP contribution in [0.25, 0.3) is 11.0 Å². The minimum Gasteiger partial charge on any atom is -0.356 e. The standard InChI is InChI=1S/C19H23N7/c1-2-16-22-23-17(26(16)8-1)13-5-9-24(10-6-13)18-15-7-11-25(14-3-4-14)19(15)21-12-20-18/h7,11-14H,1-6,8-10H2. The van der Waals surface area contributed by atoms with Crippen LogP contribution in [0, 0.1) is 0 Å². The number of piperidine rings is 1. The summed E-state index contributed by atoms with van der Waals surface area (Å²) in [4.78, 5) is 11.6. The van der Waals surface area contributed by atoms with Crippen LogP contribution in [0.5, 0.6) is 0 Å². The van der Waals surface area contributed by atoms with Gasteiger partial charge in [-0.05, 0) is 38.2 Å². The number of hydrogen-bond donors (Lipinski definition) is 0. The summed E-state index contributed by atoms with van der Waals surface area (Å²) in [5.41, 5.74) is 1.09. The third kappa shape index (κ3) is 2.19. The first-order chi connectivity index (χ1) is 12.9. The van der Waals surface area contributed by atoms with E-state index in [4.69, 9.17) is 0 Å². The third-order valence-corrected chi connectivity index (χ3v) is 6.23. The lowest BCUT2D eigenvalue weighted by molar-refractivity contribution is 0.466. The van der Waals surface area contributed by atoms with Gasteiger partial charge in [0, 0.05) is 44.2 Å². The highest BCUT2D eigenvalue weighted by Crippen LogP contribution is 2.39. The summed E-state index contributed by atoms with van der Waals surface area (Å²) >= 11 is 0. The van der Waals surface area contributed by atoms with Gasteiger partial charge in [-0.3, -0.25) is 0 Å². The fourth-order valence-corrected chi connectivity index (χ4v) is 4.68. The van der Waals surface area contributed by atoms with E-state index in [0.29, 0.717) is 12.0 Å². The van der Waals surface area contributed by atoms with E-state index in [1.165, 1.54) is 36.3 Å². The second-order valence-electron chi connectivity index (χ2n) is 7.88. The molecule has 3 aliphatic rings. The van der Waals surface area contributed by atoms with Crippen molar-refractivity contribution in [3.63, 3.8) is 0 Å². The SMILES string of the molecule is c1nc(N2CCC(c3nnc4n3CCC4)CC2)c2ccn(C3CC3)c2n1. The highest BCUT2D eigenvalue weighted by Gasteiger charge is 2.30. The number of aryl methyl sites for hydroxylation is 1. The van der Waals surface area contributed by atoms with Crippen LogP contribution in [0.15, 0.2) is 18.6 Å². The summed E-state index contributed by atoms with van der Waals surface area (Å²) in [7, 11) is 0. The molecule has 7 heteroatoms. The quantitative estimate of drug-likeness (QED) is 0.727. The van der Waals surface area contributed by atoms with Crippen molar-refractivity contribution in [1.29, 1.82) is 0 Å². The molecule has 3 aromatic heterocycles. The van der Waals surface area contributed by atoms with Crippen LogP contribution >= 0.6 is 0 Å². The molecule has 0 amide bonds. The van der Waals surface area contributed by atoms with Crippen LogP contribution < -0.4 is 4.90 Å². The summed E-state index contributed by atoms with van der Waals surface area (Å²) in [5.74, 6) is 4.02. The molecule has 0 radical (unpaired) electrons. The molecule has 1 saturated heterocycles. The van der Waals surface area contributed by atoms with E-state index < -0.39 is 0 Å². The van der Waals surface area contributed by atoms with Gasteiger partial charge in [-0.15, -0.1) is 10.2 Å². The molecule has 0 spiro atoms. The van der Waals surface area contributed by atoms with Crippen LogP contribution in [0.3, 0.4) is 0 Å². The monoisotopic (exact) mass is 349 g/mol. The zero-order chi connectivity index (χ0) is 17.1. The summed E-state index contributed by atoms with van der Waals surface area (Å²) < 4.78 is 4.69. The molecular formula is C19H23N7. The van der Waals surface area contributed by atoms with E-state index in [1.54, 1.807) is 6.33 Å². The van der Waals surface area contributed by atoms with Crippen molar-refractivity contribution in [2.24, 2.45) is 0 Å². The van der Waals surface area contributed by atoms with Crippen LogP contribution in [0.4, 0.5) is 5.82 Å². The molecular weight excluding hydrogens is 326 g/mol. The van der Waals surface area contributed by atoms with Gasteiger partial charge < -0.3 is 14.0 Å². The van der Waals surface area contributed by atoms with Crippen LogP contribution in [0.1, 0.15) is 55.7 Å². The molecule has 134 valence electrons. The number of fused-ring (bicyclic) bond motifs is 2. The molecule has 1 aliphatic carbocycles. The second-order valence-corrected chi connectivity index (χ2v) is 7.88. The van der Waals surface area contributed by atoms with E-state index in [1.807, 2.05) is 0 Å². The Balaban J connectivity index is 1.25. The average Bonchev–Trinajstić information content (AvgIpc) is 3.08. The summed E-state index contributed by atoms with van der Waals surface area (Å²) in [6, 6.07) is 2.84. The third-order valence-electron chi connectivity index (χ3n) is 6.23. The molecule has 3 aromatic rings. The van der Waals surface area contributed by atoms with E-state index >= 15 is 0 Å². The van der Waals surface area contributed by atoms with Crippen molar-refractivity contribution in [2.75, 3.05) is 18.0 Å². The summed E-state index contributed by atoms with van der Waals surface area (Å²) in [5, 5.41) is 10.1. The van der Waals surface area contributed by atoms with Gasteiger partial charge >= 0.3 is 0 Å². The Morgan fingerprint density at radius 1 is 0.962 bits per heavy atom.